The van der Waals surface area contributed by atoms with Gasteiger partial charge in [-0.25, -0.2) is 8.42 Å². The number of nitrogens with one attached hydrogen (secondary N) is 1. The number of benzene rings is 2. The lowest BCUT2D eigenvalue weighted by Gasteiger charge is -2.16. The fourth-order valence-corrected chi connectivity index (χ4v) is 4.82. The number of amides is 1. The summed E-state index contributed by atoms with van der Waals surface area (Å²) in [6, 6.07) is 16.7. The van der Waals surface area contributed by atoms with E-state index in [9.17, 15) is 13.2 Å². The summed E-state index contributed by atoms with van der Waals surface area (Å²) in [5.74, 6) is -0.0138. The summed E-state index contributed by atoms with van der Waals surface area (Å²) >= 11 is 0. The summed E-state index contributed by atoms with van der Waals surface area (Å²) < 4.78 is 26.6. The second-order valence-electron chi connectivity index (χ2n) is 6.96. The molecule has 1 aliphatic heterocycles. The van der Waals surface area contributed by atoms with Gasteiger partial charge in [0.2, 0.25) is 15.9 Å². The first-order valence-electron chi connectivity index (χ1n) is 9.40. The molecule has 1 fully saturated rings. The lowest BCUT2D eigenvalue weighted by atomic mass is 10.1. The van der Waals surface area contributed by atoms with Crippen molar-refractivity contribution in [3.63, 3.8) is 0 Å². The highest BCUT2D eigenvalue weighted by atomic mass is 32.2. The van der Waals surface area contributed by atoms with Crippen LogP contribution in [0.15, 0.2) is 59.5 Å². The van der Waals surface area contributed by atoms with Crippen molar-refractivity contribution in [2.75, 3.05) is 13.1 Å². The molecule has 1 N–H and O–H groups in total. The lowest BCUT2D eigenvalue weighted by Crippen LogP contribution is -2.27. The van der Waals surface area contributed by atoms with Gasteiger partial charge in [0.05, 0.1) is 10.9 Å². The van der Waals surface area contributed by atoms with Crippen LogP contribution in [0.5, 0.6) is 0 Å². The van der Waals surface area contributed by atoms with Crippen LogP contribution in [-0.4, -0.2) is 31.7 Å². The van der Waals surface area contributed by atoms with Crippen LogP contribution in [0, 0.1) is 0 Å². The van der Waals surface area contributed by atoms with Crippen molar-refractivity contribution in [1.29, 1.82) is 0 Å². The first-order valence-corrected chi connectivity index (χ1v) is 10.8. The summed E-state index contributed by atoms with van der Waals surface area (Å²) in [4.78, 5) is 12.5. The summed E-state index contributed by atoms with van der Waals surface area (Å²) in [5, 5.41) is 3.00. The van der Waals surface area contributed by atoms with Crippen molar-refractivity contribution >= 4 is 15.9 Å². The zero-order chi connectivity index (χ0) is 19.3. The Morgan fingerprint density at radius 1 is 1.04 bits per heavy atom. The number of nitrogens with zero attached hydrogens (tertiary/aromatic N) is 1. The van der Waals surface area contributed by atoms with Crippen LogP contribution >= 0.6 is 0 Å². The SMILES string of the molecule is C[C@@H](NC(=O)CCc1ccc(S(=O)(=O)N2CCCC2)cc1)c1ccccc1. The highest BCUT2D eigenvalue weighted by molar-refractivity contribution is 7.89. The molecule has 2 aromatic rings. The third kappa shape index (κ3) is 4.96. The Morgan fingerprint density at radius 3 is 2.30 bits per heavy atom. The van der Waals surface area contributed by atoms with Crippen LogP contribution in [-0.2, 0) is 21.2 Å². The van der Waals surface area contributed by atoms with Gasteiger partial charge in [0, 0.05) is 19.5 Å². The minimum Gasteiger partial charge on any atom is -0.350 e. The minimum atomic E-state index is -3.38. The van der Waals surface area contributed by atoms with Gasteiger partial charge >= 0.3 is 0 Å². The zero-order valence-electron chi connectivity index (χ0n) is 15.6. The van der Waals surface area contributed by atoms with Gasteiger partial charge < -0.3 is 5.32 Å². The van der Waals surface area contributed by atoms with Gasteiger partial charge in [-0.05, 0) is 49.4 Å². The third-order valence-electron chi connectivity index (χ3n) is 4.94. The molecule has 0 saturated carbocycles. The molecule has 144 valence electrons. The quantitative estimate of drug-likeness (QED) is 0.794. The van der Waals surface area contributed by atoms with Gasteiger partial charge in [-0.2, -0.15) is 4.31 Å². The maximum Gasteiger partial charge on any atom is 0.243 e. The van der Waals surface area contributed by atoms with Crippen molar-refractivity contribution in [3.05, 3.63) is 65.7 Å². The smallest absolute Gasteiger partial charge is 0.243 e. The first kappa shape index (κ1) is 19.6. The summed E-state index contributed by atoms with van der Waals surface area (Å²) in [6.45, 7) is 3.17. The predicted octanol–water partition coefficient (Wildman–Crippen LogP) is 3.28. The lowest BCUT2D eigenvalue weighted by molar-refractivity contribution is -0.121. The molecule has 1 saturated heterocycles. The number of hydrogen-bond donors (Lipinski definition) is 1. The number of rotatable bonds is 7. The van der Waals surface area contributed by atoms with E-state index in [0.29, 0.717) is 30.8 Å². The van der Waals surface area contributed by atoms with Crippen molar-refractivity contribution in [3.8, 4) is 0 Å². The molecule has 0 aliphatic carbocycles. The van der Waals surface area contributed by atoms with Crippen molar-refractivity contribution in [1.82, 2.24) is 9.62 Å². The monoisotopic (exact) mass is 386 g/mol. The van der Waals surface area contributed by atoms with Gasteiger partial charge in [-0.3, -0.25) is 4.79 Å². The predicted molar refractivity (Wildman–Crippen MR) is 106 cm³/mol. The molecule has 0 radical (unpaired) electrons. The van der Waals surface area contributed by atoms with Gasteiger partial charge in [0.1, 0.15) is 0 Å². The molecule has 0 aromatic heterocycles. The van der Waals surface area contributed by atoms with Crippen LogP contribution in [0.25, 0.3) is 0 Å². The van der Waals surface area contributed by atoms with Crippen LogP contribution in [0.2, 0.25) is 0 Å². The molecule has 2 aromatic carbocycles. The number of aryl methyl sites for hydroxylation is 1. The van der Waals surface area contributed by atoms with Crippen molar-refractivity contribution in [2.45, 2.75) is 43.5 Å². The fraction of sp³-hybridized carbons (Fsp3) is 0.381. The van der Waals surface area contributed by atoms with Crippen molar-refractivity contribution in [2.24, 2.45) is 0 Å². The number of carbonyl (C=O) groups excluding carboxylic acids is 1. The summed E-state index contributed by atoms with van der Waals surface area (Å²) in [7, 11) is -3.38. The van der Waals surface area contributed by atoms with E-state index in [1.165, 1.54) is 0 Å². The maximum atomic E-state index is 12.5. The normalized spacial score (nSPS) is 16.2. The van der Waals surface area contributed by atoms with Gasteiger partial charge in [0.15, 0.2) is 0 Å². The molecule has 1 heterocycles. The van der Waals surface area contributed by atoms with Gasteiger partial charge in [0.25, 0.3) is 0 Å². The molecule has 5 nitrogen and oxygen atoms in total. The average Bonchev–Trinajstić information content (AvgIpc) is 3.23. The first-order chi connectivity index (χ1) is 13.0. The van der Waals surface area contributed by atoms with E-state index in [-0.39, 0.29) is 11.9 Å². The topological polar surface area (TPSA) is 66.5 Å². The van der Waals surface area contributed by atoms with Crippen LogP contribution in [0.3, 0.4) is 0 Å². The molecular weight excluding hydrogens is 360 g/mol. The van der Waals surface area contributed by atoms with E-state index in [4.69, 9.17) is 0 Å². The Morgan fingerprint density at radius 2 is 1.67 bits per heavy atom. The Bertz CT molecular complexity index is 858. The van der Waals surface area contributed by atoms with E-state index < -0.39 is 10.0 Å². The van der Waals surface area contributed by atoms with Crippen LogP contribution in [0.4, 0.5) is 0 Å². The van der Waals surface area contributed by atoms with Crippen LogP contribution < -0.4 is 5.32 Å². The summed E-state index contributed by atoms with van der Waals surface area (Å²) in [5.41, 5.74) is 2.03. The highest BCUT2D eigenvalue weighted by Gasteiger charge is 2.26. The van der Waals surface area contributed by atoms with Gasteiger partial charge in [-0.1, -0.05) is 42.5 Å². The Labute approximate surface area is 161 Å². The number of carbonyl (C=O) groups is 1. The molecule has 3 rings (SSSR count). The van der Waals surface area contributed by atoms with Crippen LogP contribution in [0.1, 0.15) is 43.4 Å². The molecule has 27 heavy (non-hydrogen) atoms. The van der Waals surface area contributed by atoms with Crippen molar-refractivity contribution < 1.29 is 13.2 Å². The van der Waals surface area contributed by atoms with E-state index in [1.54, 1.807) is 28.6 Å². The molecule has 0 unspecified atom stereocenters. The molecule has 0 bridgehead atoms. The molecule has 0 spiro atoms. The zero-order valence-corrected chi connectivity index (χ0v) is 16.4. The highest BCUT2D eigenvalue weighted by Crippen LogP contribution is 2.21. The maximum absolute atomic E-state index is 12.5. The van der Waals surface area contributed by atoms with E-state index in [1.807, 2.05) is 37.3 Å². The molecule has 1 amide bonds. The standard InChI is InChI=1S/C21H26N2O3S/c1-17(19-7-3-2-4-8-19)22-21(24)14-11-18-9-12-20(13-10-18)27(25,26)23-15-5-6-16-23/h2-4,7-10,12-13,17H,5-6,11,14-16H2,1H3,(H,22,24)/t17-/m1/s1. The molecule has 1 atom stereocenters. The second kappa shape index (κ2) is 8.67. The Kier molecular flexibility index (Phi) is 6.29. The largest absolute Gasteiger partial charge is 0.350 e. The third-order valence-corrected chi connectivity index (χ3v) is 6.86. The molecule has 6 heteroatoms. The Hall–Kier alpha value is -2.18. The fourth-order valence-electron chi connectivity index (χ4n) is 3.30. The number of hydrogen-bond acceptors (Lipinski definition) is 3. The van der Waals surface area contributed by atoms with E-state index in [0.717, 1.165) is 24.0 Å². The molecule has 1 aliphatic rings. The Balaban J connectivity index is 1.53. The summed E-state index contributed by atoms with van der Waals surface area (Å²) in [6.07, 6.45) is 2.80. The molecular formula is C21H26N2O3S. The van der Waals surface area contributed by atoms with Gasteiger partial charge in [-0.15, -0.1) is 0 Å². The number of sulfonamides is 1. The minimum absolute atomic E-state index is 0.0138. The second-order valence-corrected chi connectivity index (χ2v) is 8.89. The van der Waals surface area contributed by atoms with E-state index >= 15 is 0 Å². The van der Waals surface area contributed by atoms with E-state index in [2.05, 4.69) is 5.32 Å². The average molecular weight is 387 g/mol.